The number of fused-ring (bicyclic) bond motifs is 1. The van der Waals surface area contributed by atoms with Gasteiger partial charge in [0.15, 0.2) is 0 Å². The van der Waals surface area contributed by atoms with Gasteiger partial charge in [-0.05, 0) is 46.9 Å². The highest BCUT2D eigenvalue weighted by Crippen LogP contribution is 2.20. The summed E-state index contributed by atoms with van der Waals surface area (Å²) in [6, 6.07) is 8.34. The van der Waals surface area contributed by atoms with Crippen molar-refractivity contribution < 1.29 is 0 Å². The summed E-state index contributed by atoms with van der Waals surface area (Å²) in [5.41, 5.74) is 3.23. The normalized spacial score (nSPS) is 11.3. The third kappa shape index (κ3) is 2.69. The van der Waals surface area contributed by atoms with E-state index >= 15 is 0 Å². The smallest absolute Gasteiger partial charge is 0.124 e. The molecular formula is C14H14ClIN4. The molecule has 2 heterocycles. The molecule has 0 bridgehead atoms. The van der Waals surface area contributed by atoms with Crippen molar-refractivity contribution in [1.29, 1.82) is 0 Å². The van der Waals surface area contributed by atoms with E-state index in [4.69, 9.17) is 11.6 Å². The summed E-state index contributed by atoms with van der Waals surface area (Å²) in [5.74, 6) is 1.34. The lowest BCUT2D eigenvalue weighted by molar-refractivity contribution is 0.660. The Morgan fingerprint density at radius 1 is 1.30 bits per heavy atom. The molecule has 104 valence electrons. The van der Waals surface area contributed by atoms with Crippen molar-refractivity contribution in [2.75, 3.05) is 0 Å². The van der Waals surface area contributed by atoms with Crippen molar-refractivity contribution in [2.45, 2.75) is 18.8 Å². The van der Waals surface area contributed by atoms with Crippen LogP contribution in [0, 0.1) is 3.57 Å². The van der Waals surface area contributed by atoms with Gasteiger partial charge in [-0.25, -0.2) is 4.98 Å². The third-order valence-electron chi connectivity index (χ3n) is 3.27. The molecule has 0 N–H and O–H groups in total. The summed E-state index contributed by atoms with van der Waals surface area (Å²) in [7, 11) is 1.93. The Labute approximate surface area is 135 Å². The minimum atomic E-state index is 0.424. The first-order chi connectivity index (χ1) is 9.67. The highest BCUT2D eigenvalue weighted by molar-refractivity contribution is 14.1. The van der Waals surface area contributed by atoms with Crippen LogP contribution < -0.4 is 0 Å². The van der Waals surface area contributed by atoms with Gasteiger partial charge in [0, 0.05) is 29.8 Å². The van der Waals surface area contributed by atoms with Gasteiger partial charge in [-0.1, -0.05) is 0 Å². The number of nitrogens with zero attached hydrogens (tertiary/aromatic N) is 4. The van der Waals surface area contributed by atoms with E-state index in [1.807, 2.05) is 24.0 Å². The molecule has 0 atom stereocenters. The van der Waals surface area contributed by atoms with Crippen LogP contribution >= 0.6 is 34.2 Å². The van der Waals surface area contributed by atoms with Crippen LogP contribution in [0.15, 0.2) is 30.5 Å². The molecule has 0 aliphatic carbocycles. The SMILES string of the molecule is Cn1ccc(CCn2c(CCl)nc3cc(I)ccc32)n1. The van der Waals surface area contributed by atoms with Gasteiger partial charge in [0.2, 0.25) is 0 Å². The van der Waals surface area contributed by atoms with Gasteiger partial charge in [0.05, 0.1) is 22.6 Å². The average Bonchev–Trinajstić information content (AvgIpc) is 2.99. The van der Waals surface area contributed by atoms with E-state index < -0.39 is 0 Å². The Kier molecular flexibility index (Phi) is 3.98. The molecule has 0 spiro atoms. The summed E-state index contributed by atoms with van der Waals surface area (Å²) in [4.78, 5) is 4.61. The second kappa shape index (κ2) is 5.73. The minimum absolute atomic E-state index is 0.424. The van der Waals surface area contributed by atoms with Gasteiger partial charge < -0.3 is 4.57 Å². The Hall–Kier alpha value is -1.08. The first kappa shape index (κ1) is 13.9. The van der Waals surface area contributed by atoms with E-state index in [1.165, 1.54) is 3.57 Å². The third-order valence-corrected chi connectivity index (χ3v) is 4.18. The van der Waals surface area contributed by atoms with Crippen molar-refractivity contribution in [3.63, 3.8) is 0 Å². The zero-order chi connectivity index (χ0) is 14.1. The molecule has 20 heavy (non-hydrogen) atoms. The maximum absolute atomic E-state index is 6.02. The first-order valence-electron chi connectivity index (χ1n) is 6.36. The number of alkyl halides is 1. The molecule has 0 saturated heterocycles. The van der Waals surface area contributed by atoms with Crippen LogP contribution in [-0.4, -0.2) is 19.3 Å². The topological polar surface area (TPSA) is 35.6 Å². The van der Waals surface area contributed by atoms with Crippen LogP contribution in [-0.2, 0) is 25.9 Å². The number of imidazole rings is 1. The van der Waals surface area contributed by atoms with Crippen LogP contribution in [0.2, 0.25) is 0 Å². The molecule has 0 fully saturated rings. The molecule has 4 nitrogen and oxygen atoms in total. The Morgan fingerprint density at radius 2 is 2.15 bits per heavy atom. The number of hydrogen-bond acceptors (Lipinski definition) is 2. The largest absolute Gasteiger partial charge is 0.327 e. The molecule has 6 heteroatoms. The van der Waals surface area contributed by atoms with Crippen LogP contribution in [0.25, 0.3) is 11.0 Å². The highest BCUT2D eigenvalue weighted by Gasteiger charge is 2.10. The van der Waals surface area contributed by atoms with Gasteiger partial charge in [-0.15, -0.1) is 11.6 Å². The van der Waals surface area contributed by atoms with Crippen molar-refractivity contribution in [1.82, 2.24) is 19.3 Å². The van der Waals surface area contributed by atoms with E-state index in [0.717, 1.165) is 35.5 Å². The average molecular weight is 401 g/mol. The molecule has 0 aliphatic rings. The van der Waals surface area contributed by atoms with Gasteiger partial charge in [0.1, 0.15) is 5.82 Å². The van der Waals surface area contributed by atoms with Crippen molar-refractivity contribution in [2.24, 2.45) is 7.05 Å². The van der Waals surface area contributed by atoms with Crippen LogP contribution in [0.4, 0.5) is 0 Å². The number of aryl methyl sites for hydroxylation is 3. The lowest BCUT2D eigenvalue weighted by Crippen LogP contribution is -2.05. The molecule has 3 rings (SSSR count). The number of benzene rings is 1. The van der Waals surface area contributed by atoms with Gasteiger partial charge in [0.25, 0.3) is 0 Å². The van der Waals surface area contributed by atoms with E-state index in [1.54, 1.807) is 0 Å². The van der Waals surface area contributed by atoms with E-state index in [9.17, 15) is 0 Å². The lowest BCUT2D eigenvalue weighted by atomic mass is 10.3. The van der Waals surface area contributed by atoms with E-state index in [0.29, 0.717) is 5.88 Å². The van der Waals surface area contributed by atoms with E-state index in [-0.39, 0.29) is 0 Å². The zero-order valence-corrected chi connectivity index (χ0v) is 14.0. The fraction of sp³-hybridized carbons (Fsp3) is 0.286. The number of halogens is 2. The highest BCUT2D eigenvalue weighted by atomic mass is 127. The summed E-state index contributed by atoms with van der Waals surface area (Å²) in [6.07, 6.45) is 2.84. The quantitative estimate of drug-likeness (QED) is 0.497. The second-order valence-corrected chi connectivity index (χ2v) is 6.19. The minimum Gasteiger partial charge on any atom is -0.327 e. The Balaban J connectivity index is 1.93. The van der Waals surface area contributed by atoms with Gasteiger partial charge >= 0.3 is 0 Å². The molecule has 0 amide bonds. The molecule has 1 aromatic carbocycles. The van der Waals surface area contributed by atoms with Crippen molar-refractivity contribution in [3.8, 4) is 0 Å². The molecule has 0 saturated carbocycles. The first-order valence-corrected chi connectivity index (χ1v) is 7.98. The van der Waals surface area contributed by atoms with Gasteiger partial charge in [-0.3, -0.25) is 4.68 Å². The molecule has 2 aromatic heterocycles. The maximum Gasteiger partial charge on any atom is 0.124 e. The summed E-state index contributed by atoms with van der Waals surface area (Å²) in [5, 5.41) is 4.41. The summed E-state index contributed by atoms with van der Waals surface area (Å²) < 4.78 is 5.20. The Bertz CT molecular complexity index is 747. The number of rotatable bonds is 4. The Morgan fingerprint density at radius 3 is 2.85 bits per heavy atom. The van der Waals surface area contributed by atoms with Crippen LogP contribution in [0.5, 0.6) is 0 Å². The summed E-state index contributed by atoms with van der Waals surface area (Å²) >= 11 is 8.32. The zero-order valence-electron chi connectivity index (χ0n) is 11.1. The van der Waals surface area contributed by atoms with Crippen molar-refractivity contribution in [3.05, 3.63) is 45.6 Å². The van der Waals surface area contributed by atoms with Crippen molar-refractivity contribution >= 4 is 45.2 Å². The van der Waals surface area contributed by atoms with E-state index in [2.05, 4.69) is 55.4 Å². The van der Waals surface area contributed by atoms with Crippen LogP contribution in [0.3, 0.4) is 0 Å². The molecule has 3 aromatic rings. The lowest BCUT2D eigenvalue weighted by Gasteiger charge is -2.06. The number of aromatic nitrogens is 4. The predicted molar refractivity (Wildman–Crippen MR) is 88.9 cm³/mol. The fourth-order valence-corrected chi connectivity index (χ4v) is 3.01. The molecule has 0 radical (unpaired) electrons. The standard InChI is InChI=1S/C14H14ClIN4/c1-19-6-4-11(18-19)5-7-20-13-3-2-10(16)8-12(13)17-14(20)9-15/h2-4,6,8H,5,7,9H2,1H3. The second-order valence-electron chi connectivity index (χ2n) is 4.68. The molecule has 0 aliphatic heterocycles. The molecule has 0 unspecified atom stereocenters. The monoisotopic (exact) mass is 400 g/mol. The van der Waals surface area contributed by atoms with Gasteiger partial charge in [-0.2, -0.15) is 5.10 Å². The predicted octanol–water partition coefficient (Wildman–Crippen LogP) is 3.36. The fourth-order valence-electron chi connectivity index (χ4n) is 2.33. The molecular weight excluding hydrogens is 387 g/mol. The number of hydrogen-bond donors (Lipinski definition) is 0. The maximum atomic E-state index is 6.02. The summed E-state index contributed by atoms with van der Waals surface area (Å²) in [6.45, 7) is 0.843. The van der Waals surface area contributed by atoms with Crippen LogP contribution in [0.1, 0.15) is 11.5 Å².